The molecule has 0 amide bonds. The van der Waals surface area contributed by atoms with E-state index in [1.165, 1.54) is 37.3 Å². The van der Waals surface area contributed by atoms with Crippen LogP contribution in [-0.4, -0.2) is 44.0 Å². The van der Waals surface area contributed by atoms with Crippen molar-refractivity contribution in [2.45, 2.75) is 50.3 Å². The molecular formula is C24H29N6O2P. The van der Waals surface area contributed by atoms with E-state index in [1.54, 1.807) is 19.4 Å². The van der Waals surface area contributed by atoms with Gasteiger partial charge in [0.05, 0.1) is 29.5 Å². The molecule has 2 fully saturated rings. The summed E-state index contributed by atoms with van der Waals surface area (Å²) >= 11 is 0. The van der Waals surface area contributed by atoms with E-state index >= 15 is 0 Å². The smallest absolute Gasteiger partial charge is 0.173 e. The predicted octanol–water partition coefficient (Wildman–Crippen LogP) is 4.24. The van der Waals surface area contributed by atoms with Gasteiger partial charge in [0.1, 0.15) is 5.82 Å². The number of nitrogen functional groups attached to an aromatic ring is 1. The lowest BCUT2D eigenvalue weighted by Crippen LogP contribution is -2.16. The lowest BCUT2D eigenvalue weighted by molar-refractivity contribution is 0.0988. The molecule has 3 aromatic heterocycles. The summed E-state index contributed by atoms with van der Waals surface area (Å²) in [6.07, 6.45) is 9.00. The summed E-state index contributed by atoms with van der Waals surface area (Å²) < 4.78 is 7.85. The Kier molecular flexibility index (Phi) is 5.79. The van der Waals surface area contributed by atoms with Crippen molar-refractivity contribution in [1.82, 2.24) is 19.7 Å². The first-order chi connectivity index (χ1) is 16.0. The molecule has 0 spiro atoms. The van der Waals surface area contributed by atoms with Crippen molar-refractivity contribution in [2.24, 2.45) is 7.05 Å². The lowest BCUT2D eigenvalue weighted by Gasteiger charge is -2.16. The quantitative estimate of drug-likeness (QED) is 0.360. The molecule has 8 nitrogen and oxygen atoms in total. The van der Waals surface area contributed by atoms with E-state index in [4.69, 9.17) is 15.6 Å². The fourth-order valence-electron chi connectivity index (χ4n) is 4.27. The van der Waals surface area contributed by atoms with Gasteiger partial charge in [-0.1, -0.05) is 6.92 Å². The van der Waals surface area contributed by atoms with Gasteiger partial charge in [-0.2, -0.15) is 5.10 Å². The Morgan fingerprint density at radius 3 is 2.61 bits per heavy atom. The molecule has 2 saturated carbocycles. The number of hydrogen-bond acceptors (Lipinski definition) is 7. The first-order valence-corrected chi connectivity index (χ1v) is 12.9. The Bertz CT molecular complexity index is 1190. The number of nitrogens with zero attached hydrogens (tertiary/aromatic N) is 4. The molecule has 2 aliphatic carbocycles. The highest BCUT2D eigenvalue weighted by Gasteiger charge is 2.43. The number of ether oxygens (including phenoxy) is 1. The van der Waals surface area contributed by atoms with Crippen LogP contribution in [-0.2, 0) is 7.05 Å². The third-order valence-electron chi connectivity index (χ3n) is 6.18. The van der Waals surface area contributed by atoms with Gasteiger partial charge in [0, 0.05) is 37.5 Å². The molecule has 0 atom stereocenters. The van der Waals surface area contributed by atoms with Crippen LogP contribution in [0.25, 0.3) is 11.3 Å². The highest BCUT2D eigenvalue weighted by atomic mass is 31.1. The molecule has 2 aliphatic rings. The largest absolute Gasteiger partial charge is 0.492 e. The normalized spacial score (nSPS) is 15.6. The molecule has 3 N–H and O–H groups in total. The van der Waals surface area contributed by atoms with E-state index in [-0.39, 0.29) is 13.7 Å². The topological polar surface area (TPSA) is 108 Å². The van der Waals surface area contributed by atoms with Crippen molar-refractivity contribution < 1.29 is 9.53 Å². The Morgan fingerprint density at radius 2 is 1.97 bits per heavy atom. The van der Waals surface area contributed by atoms with Crippen molar-refractivity contribution in [1.29, 1.82) is 0 Å². The standard InChI is InChI=1S/C24H29N6O2P/c1-4-20(31)17-13-27-21(25)11-18(17)28-24-23(32-3)16(9-10-26-24)19-12-22(30(2)29-19)33(14-5-6-14)15-7-8-15/h9-15H,4-8H2,1-3H3,(H3,25,26,27,28). The molecule has 0 bridgehead atoms. The van der Waals surface area contributed by atoms with Crippen molar-refractivity contribution in [3.05, 3.63) is 36.2 Å². The molecule has 3 heterocycles. The van der Waals surface area contributed by atoms with E-state index in [1.807, 2.05) is 20.0 Å². The summed E-state index contributed by atoms with van der Waals surface area (Å²) in [4.78, 5) is 21.0. The summed E-state index contributed by atoms with van der Waals surface area (Å²) in [6.45, 7) is 1.82. The molecule has 0 unspecified atom stereocenters. The molecule has 3 aromatic rings. The molecule has 172 valence electrons. The number of aromatic nitrogens is 4. The minimum Gasteiger partial charge on any atom is -0.492 e. The maximum Gasteiger partial charge on any atom is 0.173 e. The van der Waals surface area contributed by atoms with Crippen molar-refractivity contribution >= 4 is 36.5 Å². The monoisotopic (exact) mass is 464 g/mol. The number of methoxy groups -OCH3 is 1. The minimum atomic E-state index is -0.150. The lowest BCUT2D eigenvalue weighted by atomic mass is 10.1. The summed E-state index contributed by atoms with van der Waals surface area (Å²) in [5.41, 5.74) is 11.8. The average Bonchev–Trinajstić information content (AvgIpc) is 3.74. The van der Waals surface area contributed by atoms with E-state index in [0.29, 0.717) is 35.1 Å². The second-order valence-electron chi connectivity index (χ2n) is 8.68. The number of carbonyl (C=O) groups is 1. The number of carbonyl (C=O) groups excluding carboxylic acids is 1. The molecule has 0 aliphatic heterocycles. The Hall–Kier alpha value is -2.99. The Balaban J connectivity index is 1.52. The van der Waals surface area contributed by atoms with Gasteiger partial charge in [-0.3, -0.25) is 9.48 Å². The highest BCUT2D eigenvalue weighted by Crippen LogP contribution is 2.63. The van der Waals surface area contributed by atoms with Crippen LogP contribution in [0.4, 0.5) is 17.3 Å². The number of anilines is 3. The van der Waals surface area contributed by atoms with Gasteiger partial charge in [-0.05, 0) is 57.1 Å². The number of Topliss-reactive ketones (excluding diaryl/α,β-unsaturated/α-hetero) is 1. The number of aryl methyl sites for hydroxylation is 1. The van der Waals surface area contributed by atoms with Crippen LogP contribution in [0, 0.1) is 0 Å². The zero-order chi connectivity index (χ0) is 23.1. The minimum absolute atomic E-state index is 0.0250. The van der Waals surface area contributed by atoms with E-state index in [9.17, 15) is 4.79 Å². The zero-order valence-corrected chi connectivity index (χ0v) is 20.1. The van der Waals surface area contributed by atoms with Gasteiger partial charge >= 0.3 is 0 Å². The molecule has 5 rings (SSSR count). The van der Waals surface area contributed by atoms with E-state index < -0.39 is 0 Å². The second-order valence-corrected chi connectivity index (χ2v) is 11.4. The highest BCUT2D eigenvalue weighted by molar-refractivity contribution is 7.67. The molecular weight excluding hydrogens is 435 g/mol. The maximum absolute atomic E-state index is 12.4. The Labute approximate surface area is 194 Å². The summed E-state index contributed by atoms with van der Waals surface area (Å²) in [6, 6.07) is 5.81. The van der Waals surface area contributed by atoms with Gasteiger partial charge in [0.2, 0.25) is 0 Å². The third kappa shape index (κ3) is 4.32. The number of hydrogen-bond donors (Lipinski definition) is 2. The van der Waals surface area contributed by atoms with Crippen LogP contribution in [0.2, 0.25) is 0 Å². The fourth-order valence-corrected chi connectivity index (χ4v) is 7.67. The fraction of sp³-hybridized carbons (Fsp3) is 0.417. The first-order valence-electron chi connectivity index (χ1n) is 11.4. The molecule has 33 heavy (non-hydrogen) atoms. The van der Waals surface area contributed by atoms with Gasteiger partial charge < -0.3 is 15.8 Å². The summed E-state index contributed by atoms with van der Waals surface area (Å²) in [7, 11) is 3.52. The van der Waals surface area contributed by atoms with Crippen molar-refractivity contribution in [3.8, 4) is 17.0 Å². The summed E-state index contributed by atoms with van der Waals surface area (Å²) in [5, 5.41) is 8.12. The number of nitrogens with one attached hydrogen (secondary N) is 1. The van der Waals surface area contributed by atoms with Crippen LogP contribution in [0.15, 0.2) is 30.6 Å². The van der Waals surface area contributed by atoms with Gasteiger partial charge in [-0.15, -0.1) is 0 Å². The van der Waals surface area contributed by atoms with Gasteiger partial charge in [0.25, 0.3) is 0 Å². The van der Waals surface area contributed by atoms with Crippen LogP contribution < -0.4 is 21.2 Å². The second kappa shape index (κ2) is 8.75. The number of nitrogens with two attached hydrogens (primary N) is 1. The van der Waals surface area contributed by atoms with Gasteiger partial charge in [0.15, 0.2) is 17.4 Å². The molecule has 0 radical (unpaired) electrons. The van der Waals surface area contributed by atoms with Crippen LogP contribution in [0.3, 0.4) is 0 Å². The SMILES string of the molecule is CCC(=O)c1cnc(N)cc1Nc1nccc(-c2cc(P(C3CC3)C3CC3)n(C)n2)c1OC. The first kappa shape index (κ1) is 21.8. The average molecular weight is 465 g/mol. The molecule has 0 aromatic carbocycles. The van der Waals surface area contributed by atoms with E-state index in [0.717, 1.165) is 22.6 Å². The van der Waals surface area contributed by atoms with Crippen molar-refractivity contribution in [3.63, 3.8) is 0 Å². The van der Waals surface area contributed by atoms with Crippen LogP contribution in [0.5, 0.6) is 5.75 Å². The third-order valence-corrected chi connectivity index (χ3v) is 9.74. The number of rotatable bonds is 9. The number of ketones is 1. The predicted molar refractivity (Wildman–Crippen MR) is 132 cm³/mol. The van der Waals surface area contributed by atoms with Crippen LogP contribution >= 0.6 is 7.92 Å². The zero-order valence-electron chi connectivity index (χ0n) is 19.2. The van der Waals surface area contributed by atoms with E-state index in [2.05, 4.69) is 26.0 Å². The van der Waals surface area contributed by atoms with Crippen molar-refractivity contribution in [2.75, 3.05) is 18.2 Å². The molecule has 0 saturated heterocycles. The summed E-state index contributed by atoms with van der Waals surface area (Å²) in [5.74, 6) is 1.38. The van der Waals surface area contributed by atoms with Crippen LogP contribution in [0.1, 0.15) is 49.4 Å². The maximum atomic E-state index is 12.4. The molecule has 9 heteroatoms. The number of pyridine rings is 2. The van der Waals surface area contributed by atoms with Gasteiger partial charge in [-0.25, -0.2) is 9.97 Å². The Morgan fingerprint density at radius 1 is 1.24 bits per heavy atom.